The number of ether oxygens (including phenoxy) is 4. The van der Waals surface area contributed by atoms with Gasteiger partial charge in [-0.1, -0.05) is 43.9 Å². The predicted molar refractivity (Wildman–Crippen MR) is 200 cm³/mol. The van der Waals surface area contributed by atoms with Crippen LogP contribution in [0.2, 0.25) is 0 Å². The van der Waals surface area contributed by atoms with Gasteiger partial charge < -0.3 is 29.6 Å². The van der Waals surface area contributed by atoms with E-state index >= 15 is 0 Å². The van der Waals surface area contributed by atoms with E-state index < -0.39 is 42.6 Å². The minimum absolute atomic E-state index is 0.123. The summed E-state index contributed by atoms with van der Waals surface area (Å²) in [6, 6.07) is 5.26. The molecule has 2 N–H and O–H groups in total. The molecule has 2 saturated heterocycles. The van der Waals surface area contributed by atoms with Crippen molar-refractivity contribution in [1.82, 2.24) is 9.80 Å². The molecule has 3 atom stereocenters. The third-order valence-corrected chi connectivity index (χ3v) is 9.56. The highest BCUT2D eigenvalue weighted by molar-refractivity contribution is 5.76. The van der Waals surface area contributed by atoms with E-state index in [2.05, 4.69) is 22.1 Å². The van der Waals surface area contributed by atoms with Crippen LogP contribution in [0.15, 0.2) is 61.2 Å². The van der Waals surface area contributed by atoms with Gasteiger partial charge in [-0.3, -0.25) is 14.6 Å². The smallest absolute Gasteiger partial charge is 0.420 e. The highest BCUT2D eigenvalue weighted by Crippen LogP contribution is 2.44. The lowest BCUT2D eigenvalue weighted by Crippen LogP contribution is -2.37. The van der Waals surface area contributed by atoms with E-state index in [1.807, 2.05) is 24.0 Å². The van der Waals surface area contributed by atoms with Gasteiger partial charge in [-0.05, 0) is 75.5 Å². The van der Waals surface area contributed by atoms with Gasteiger partial charge in [-0.15, -0.1) is 0 Å². The van der Waals surface area contributed by atoms with Crippen molar-refractivity contribution in [2.24, 2.45) is 0 Å². The Bertz CT molecular complexity index is 1600. The standard InChI is InChI=1S/C40H53F5N4O5/c1-6-8-10-16-33(52-36-24-35(54-39(41)42)28(23-30(36)46-3)26-49-20-14-15-32(49)38(50)51-5)34(17-11-9-7-2)53-37-29(40(43,44)45)21-27(22-31(37)47-4)25-48-18-12-13-19-48/h7-11,21-24,32-34,39,46-47H,2,6,12-20,25-26H2,1,3-5H3/b10-8-,11-9-/t32-,33?,34+/m0/s1. The second-order valence-electron chi connectivity index (χ2n) is 13.3. The normalized spacial score (nSPS) is 18.0. The van der Waals surface area contributed by atoms with Crippen molar-refractivity contribution < 1.29 is 45.7 Å². The van der Waals surface area contributed by atoms with Crippen molar-refractivity contribution in [3.8, 4) is 17.2 Å². The summed E-state index contributed by atoms with van der Waals surface area (Å²) < 4.78 is 95.1. The highest BCUT2D eigenvalue weighted by Gasteiger charge is 2.38. The number of anilines is 2. The van der Waals surface area contributed by atoms with Gasteiger partial charge in [-0.25, -0.2) is 0 Å². The lowest BCUT2D eigenvalue weighted by atomic mass is 10.0. The summed E-state index contributed by atoms with van der Waals surface area (Å²) in [4.78, 5) is 16.4. The third kappa shape index (κ3) is 11.6. The Morgan fingerprint density at radius 3 is 2.24 bits per heavy atom. The number of hydrogen-bond acceptors (Lipinski definition) is 9. The van der Waals surface area contributed by atoms with E-state index in [4.69, 9.17) is 18.9 Å². The van der Waals surface area contributed by atoms with Crippen LogP contribution >= 0.6 is 0 Å². The first-order valence-electron chi connectivity index (χ1n) is 18.4. The summed E-state index contributed by atoms with van der Waals surface area (Å²) in [6.07, 6.45) is 6.41. The van der Waals surface area contributed by atoms with Crippen LogP contribution < -0.4 is 24.8 Å². The lowest BCUT2D eigenvalue weighted by molar-refractivity contribution is -0.146. The molecule has 14 heteroatoms. The van der Waals surface area contributed by atoms with Crippen molar-refractivity contribution in [3.63, 3.8) is 0 Å². The SMILES string of the molecule is C=C/C=C\C[C@@H](Oc1c(NC)cc(CN2CCCC2)cc1C(F)(F)F)C(C/C=C\CC)Oc1cc(OC(F)F)c(CN2CCC[C@H]2C(=O)OC)cc1NC. The van der Waals surface area contributed by atoms with Crippen molar-refractivity contribution in [2.45, 2.75) is 96.0 Å². The first kappa shape index (κ1) is 42.4. The molecule has 54 heavy (non-hydrogen) atoms. The fraction of sp³-hybridized carbons (Fsp3) is 0.525. The summed E-state index contributed by atoms with van der Waals surface area (Å²) in [6.45, 7) is 5.20. The van der Waals surface area contributed by atoms with E-state index in [0.717, 1.165) is 38.4 Å². The van der Waals surface area contributed by atoms with E-state index in [1.54, 1.807) is 44.5 Å². The molecule has 0 aromatic heterocycles. The highest BCUT2D eigenvalue weighted by atomic mass is 19.4. The first-order valence-corrected chi connectivity index (χ1v) is 18.4. The Morgan fingerprint density at radius 1 is 0.907 bits per heavy atom. The third-order valence-electron chi connectivity index (χ3n) is 9.56. The summed E-state index contributed by atoms with van der Waals surface area (Å²) in [5, 5.41) is 5.97. The molecule has 0 spiro atoms. The number of carbonyl (C=O) groups is 1. The number of esters is 1. The number of nitrogens with zero attached hydrogens (tertiary/aromatic N) is 2. The molecule has 2 fully saturated rings. The molecule has 0 radical (unpaired) electrons. The maximum Gasteiger partial charge on any atom is 0.420 e. The summed E-state index contributed by atoms with van der Waals surface area (Å²) in [5.74, 6) is -0.804. The van der Waals surface area contributed by atoms with Gasteiger partial charge in [-0.2, -0.15) is 22.0 Å². The summed E-state index contributed by atoms with van der Waals surface area (Å²) in [5.41, 5.74) is 0.585. The second-order valence-corrected chi connectivity index (χ2v) is 13.3. The minimum atomic E-state index is -4.74. The Kier molecular flexibility index (Phi) is 16.0. The monoisotopic (exact) mass is 764 g/mol. The van der Waals surface area contributed by atoms with Gasteiger partial charge in [0.15, 0.2) is 5.75 Å². The quantitative estimate of drug-likeness (QED) is 0.0595. The average Bonchev–Trinajstić information content (AvgIpc) is 3.83. The van der Waals surface area contributed by atoms with Crippen LogP contribution in [-0.2, 0) is 28.8 Å². The number of hydrogen-bond donors (Lipinski definition) is 2. The molecule has 4 rings (SSSR count). The number of benzene rings is 2. The molecule has 2 aliphatic rings. The Balaban J connectivity index is 1.77. The van der Waals surface area contributed by atoms with Crippen molar-refractivity contribution >= 4 is 17.3 Å². The average molecular weight is 765 g/mol. The Hall–Kier alpha value is -4.30. The number of carbonyl (C=O) groups excluding carboxylic acids is 1. The zero-order valence-corrected chi connectivity index (χ0v) is 31.5. The molecule has 0 amide bonds. The zero-order chi connectivity index (χ0) is 39.3. The Labute approximate surface area is 315 Å². The van der Waals surface area contributed by atoms with Crippen LogP contribution in [0.5, 0.6) is 17.2 Å². The van der Waals surface area contributed by atoms with Crippen LogP contribution in [0.4, 0.5) is 33.3 Å². The van der Waals surface area contributed by atoms with Gasteiger partial charge in [0.25, 0.3) is 0 Å². The van der Waals surface area contributed by atoms with Gasteiger partial charge in [0, 0.05) is 51.7 Å². The zero-order valence-electron chi connectivity index (χ0n) is 31.5. The molecular weight excluding hydrogens is 711 g/mol. The summed E-state index contributed by atoms with van der Waals surface area (Å²) >= 11 is 0. The fourth-order valence-electron chi connectivity index (χ4n) is 6.94. The van der Waals surface area contributed by atoms with Crippen LogP contribution in [0, 0.1) is 0 Å². The number of nitrogens with one attached hydrogen (secondary N) is 2. The predicted octanol–water partition coefficient (Wildman–Crippen LogP) is 8.81. The molecular formula is C40H53F5N4O5. The maximum atomic E-state index is 14.8. The largest absolute Gasteiger partial charge is 0.484 e. The molecule has 2 heterocycles. The molecule has 0 saturated carbocycles. The topological polar surface area (TPSA) is 84.5 Å². The number of halogens is 5. The van der Waals surface area contributed by atoms with Gasteiger partial charge in [0.05, 0.1) is 24.0 Å². The molecule has 2 aliphatic heterocycles. The van der Waals surface area contributed by atoms with Gasteiger partial charge >= 0.3 is 18.8 Å². The molecule has 2 aromatic carbocycles. The van der Waals surface area contributed by atoms with Crippen molar-refractivity contribution in [2.75, 3.05) is 51.5 Å². The van der Waals surface area contributed by atoms with E-state index in [1.165, 1.54) is 13.2 Å². The number of methoxy groups -OCH3 is 1. The Morgan fingerprint density at radius 2 is 1.61 bits per heavy atom. The van der Waals surface area contributed by atoms with Crippen LogP contribution in [0.25, 0.3) is 0 Å². The molecule has 0 bridgehead atoms. The van der Waals surface area contributed by atoms with Crippen LogP contribution in [0.1, 0.15) is 68.6 Å². The van der Waals surface area contributed by atoms with Crippen LogP contribution in [0.3, 0.4) is 0 Å². The van der Waals surface area contributed by atoms with E-state index in [0.29, 0.717) is 42.7 Å². The molecule has 0 aliphatic carbocycles. The maximum absolute atomic E-state index is 14.8. The van der Waals surface area contributed by atoms with Gasteiger partial charge in [0.2, 0.25) is 0 Å². The second kappa shape index (κ2) is 20.4. The fourth-order valence-corrected chi connectivity index (χ4v) is 6.94. The first-order chi connectivity index (χ1) is 25.9. The molecule has 298 valence electrons. The molecule has 2 aromatic rings. The van der Waals surface area contributed by atoms with E-state index in [9.17, 15) is 26.7 Å². The lowest BCUT2D eigenvalue weighted by Gasteiger charge is -2.31. The number of allylic oxidation sites excluding steroid dienone is 3. The van der Waals surface area contributed by atoms with E-state index in [-0.39, 0.29) is 42.3 Å². The number of alkyl halides is 5. The van der Waals surface area contributed by atoms with Gasteiger partial charge in [0.1, 0.15) is 29.7 Å². The summed E-state index contributed by atoms with van der Waals surface area (Å²) in [7, 11) is 4.49. The number of likely N-dealkylation sites (tertiary alicyclic amines) is 2. The molecule has 1 unspecified atom stereocenters. The van der Waals surface area contributed by atoms with Crippen molar-refractivity contribution in [3.05, 3.63) is 77.9 Å². The minimum Gasteiger partial charge on any atom is -0.484 e. The molecule has 9 nitrogen and oxygen atoms in total. The number of rotatable bonds is 20. The van der Waals surface area contributed by atoms with Crippen molar-refractivity contribution in [1.29, 1.82) is 0 Å². The van der Waals surface area contributed by atoms with Crippen LogP contribution in [-0.4, -0.2) is 81.5 Å².